The van der Waals surface area contributed by atoms with Gasteiger partial charge >= 0.3 is 6.18 Å². The monoisotopic (exact) mass is 292 g/mol. The maximum Gasteiger partial charge on any atom is 0.391 e. The average molecular weight is 292 g/mol. The van der Waals surface area contributed by atoms with E-state index in [0.29, 0.717) is 12.8 Å². The van der Waals surface area contributed by atoms with E-state index in [1.165, 1.54) is 0 Å². The van der Waals surface area contributed by atoms with Crippen LogP contribution in [0.15, 0.2) is 6.20 Å². The molecule has 2 rings (SSSR count). The average Bonchev–Trinajstić information content (AvgIpc) is 2.84. The second kappa shape index (κ2) is 6.22. The minimum atomic E-state index is -4.02. The number of nitrogens with one attached hydrogen (secondary N) is 1. The second-order valence-corrected chi connectivity index (χ2v) is 6.24. The normalized spacial score (nSPS) is 24.6. The van der Waals surface area contributed by atoms with Crippen molar-refractivity contribution in [2.75, 3.05) is 0 Å². The lowest BCUT2D eigenvalue weighted by Crippen LogP contribution is -2.36. The van der Waals surface area contributed by atoms with Crippen LogP contribution in [0.25, 0.3) is 0 Å². The van der Waals surface area contributed by atoms with Gasteiger partial charge in [-0.3, -0.25) is 0 Å². The maximum atomic E-state index is 12.5. The van der Waals surface area contributed by atoms with Gasteiger partial charge < -0.3 is 5.32 Å². The Morgan fingerprint density at radius 2 is 2.00 bits per heavy atom. The van der Waals surface area contributed by atoms with Gasteiger partial charge in [-0.1, -0.05) is 6.92 Å². The van der Waals surface area contributed by atoms with Gasteiger partial charge in [0.1, 0.15) is 0 Å². The molecular formula is C13H19F3N2S. The first-order valence-corrected chi connectivity index (χ1v) is 7.54. The number of nitrogens with zero attached hydrogens (tertiary/aromatic N) is 1. The molecule has 1 aliphatic rings. The molecule has 19 heavy (non-hydrogen) atoms. The molecule has 6 heteroatoms. The van der Waals surface area contributed by atoms with E-state index < -0.39 is 12.1 Å². The summed E-state index contributed by atoms with van der Waals surface area (Å²) >= 11 is 1.67. The van der Waals surface area contributed by atoms with Crippen LogP contribution in [0, 0.1) is 5.92 Å². The third-order valence-electron chi connectivity index (χ3n) is 3.66. The first-order chi connectivity index (χ1) is 8.99. The predicted octanol–water partition coefficient (Wildman–Crippen LogP) is 3.92. The van der Waals surface area contributed by atoms with Gasteiger partial charge in [-0.25, -0.2) is 4.98 Å². The van der Waals surface area contributed by atoms with Crippen LogP contribution >= 0.6 is 11.3 Å². The number of aryl methyl sites for hydroxylation is 1. The largest absolute Gasteiger partial charge is 0.391 e. The minimum Gasteiger partial charge on any atom is -0.309 e. The molecule has 1 N–H and O–H groups in total. The molecular weight excluding hydrogens is 273 g/mol. The summed E-state index contributed by atoms with van der Waals surface area (Å²) in [5.41, 5.74) is 0. The molecule has 0 aliphatic heterocycles. The molecule has 1 aliphatic carbocycles. The smallest absolute Gasteiger partial charge is 0.309 e. The summed E-state index contributed by atoms with van der Waals surface area (Å²) in [6.45, 7) is 2.79. The van der Waals surface area contributed by atoms with Crippen molar-refractivity contribution in [3.05, 3.63) is 16.1 Å². The maximum absolute atomic E-state index is 12.5. The zero-order valence-corrected chi connectivity index (χ0v) is 11.8. The van der Waals surface area contributed by atoms with Crippen molar-refractivity contribution >= 4 is 11.3 Å². The Labute approximate surface area is 115 Å². The highest BCUT2D eigenvalue weighted by atomic mass is 32.1. The highest BCUT2D eigenvalue weighted by Crippen LogP contribution is 2.37. The van der Waals surface area contributed by atoms with E-state index in [-0.39, 0.29) is 18.9 Å². The number of hydrogen-bond donors (Lipinski definition) is 1. The summed E-state index contributed by atoms with van der Waals surface area (Å²) in [4.78, 5) is 5.43. The number of alkyl halides is 3. The van der Waals surface area contributed by atoms with Crippen LogP contribution < -0.4 is 5.32 Å². The molecule has 0 unspecified atom stereocenters. The summed E-state index contributed by atoms with van der Waals surface area (Å²) in [6.07, 6.45) is 0.513. The molecule has 0 bridgehead atoms. The van der Waals surface area contributed by atoms with Crippen molar-refractivity contribution < 1.29 is 13.2 Å². The molecule has 1 saturated carbocycles. The van der Waals surface area contributed by atoms with Crippen molar-refractivity contribution in [2.24, 2.45) is 5.92 Å². The van der Waals surface area contributed by atoms with Gasteiger partial charge in [0.05, 0.1) is 10.9 Å². The van der Waals surface area contributed by atoms with Gasteiger partial charge in [-0.2, -0.15) is 13.2 Å². The summed E-state index contributed by atoms with van der Waals surface area (Å²) in [5.74, 6) is -1.10. The summed E-state index contributed by atoms with van der Waals surface area (Å²) in [5, 5.41) is 4.46. The van der Waals surface area contributed by atoms with Gasteiger partial charge in [-0.15, -0.1) is 11.3 Å². The molecule has 1 aromatic heterocycles. The van der Waals surface area contributed by atoms with Gasteiger partial charge in [-0.05, 0) is 32.1 Å². The molecule has 0 radical (unpaired) electrons. The van der Waals surface area contributed by atoms with Gasteiger partial charge in [0.2, 0.25) is 0 Å². The third-order valence-corrected chi connectivity index (χ3v) is 4.80. The molecule has 0 amide bonds. The molecule has 0 saturated heterocycles. The lowest BCUT2D eigenvalue weighted by Gasteiger charge is -2.30. The number of aromatic nitrogens is 1. The fourth-order valence-corrected chi connectivity index (χ4v) is 3.28. The van der Waals surface area contributed by atoms with Gasteiger partial charge in [0.25, 0.3) is 0 Å². The van der Waals surface area contributed by atoms with Crippen molar-refractivity contribution in [1.29, 1.82) is 0 Å². The Bertz CT molecular complexity index is 395. The SMILES string of the molecule is CCc1ncc(CNC2CCC(C(F)(F)F)CC2)s1. The molecule has 108 valence electrons. The Balaban J connectivity index is 1.74. The summed E-state index contributed by atoms with van der Waals surface area (Å²) < 4.78 is 37.6. The fourth-order valence-electron chi connectivity index (χ4n) is 2.46. The van der Waals surface area contributed by atoms with Crippen LogP contribution in [0.2, 0.25) is 0 Å². The molecule has 1 heterocycles. The summed E-state index contributed by atoms with van der Waals surface area (Å²) in [7, 11) is 0. The molecule has 0 aromatic carbocycles. The zero-order chi connectivity index (χ0) is 13.9. The van der Waals surface area contributed by atoms with E-state index in [2.05, 4.69) is 17.2 Å². The quantitative estimate of drug-likeness (QED) is 0.910. The van der Waals surface area contributed by atoms with Gasteiger partial charge in [0, 0.05) is 23.7 Å². The molecule has 0 spiro atoms. The lowest BCUT2D eigenvalue weighted by atomic mass is 9.85. The third kappa shape index (κ3) is 4.18. The Kier molecular flexibility index (Phi) is 4.84. The van der Waals surface area contributed by atoms with Crippen LogP contribution in [0.3, 0.4) is 0 Å². The Morgan fingerprint density at radius 1 is 1.32 bits per heavy atom. The standard InChI is InChI=1S/C13H19F3N2S/c1-2-12-18-8-11(19-12)7-17-10-5-3-9(4-6-10)13(14,15)16/h8-10,17H,2-7H2,1H3. The summed E-state index contributed by atoms with van der Waals surface area (Å²) in [6, 6.07) is 0.214. The first kappa shape index (κ1) is 14.8. The number of rotatable bonds is 4. The Morgan fingerprint density at radius 3 is 2.53 bits per heavy atom. The zero-order valence-electron chi connectivity index (χ0n) is 11.0. The molecule has 1 aromatic rings. The number of thiazole rings is 1. The van der Waals surface area contributed by atoms with E-state index >= 15 is 0 Å². The first-order valence-electron chi connectivity index (χ1n) is 6.72. The van der Waals surface area contributed by atoms with E-state index in [1.54, 1.807) is 11.3 Å². The Hall–Kier alpha value is -0.620. The topological polar surface area (TPSA) is 24.9 Å². The highest BCUT2D eigenvalue weighted by molar-refractivity contribution is 7.11. The predicted molar refractivity (Wildman–Crippen MR) is 70.1 cm³/mol. The van der Waals surface area contributed by atoms with Crippen LogP contribution in [0.1, 0.15) is 42.5 Å². The second-order valence-electron chi connectivity index (χ2n) is 5.04. The van der Waals surface area contributed by atoms with Crippen LogP contribution in [-0.4, -0.2) is 17.2 Å². The van der Waals surface area contributed by atoms with E-state index in [0.717, 1.165) is 22.9 Å². The van der Waals surface area contributed by atoms with Gasteiger partial charge in [0.15, 0.2) is 0 Å². The van der Waals surface area contributed by atoms with E-state index in [1.807, 2.05) is 6.20 Å². The number of halogens is 3. The van der Waals surface area contributed by atoms with Crippen molar-refractivity contribution in [3.63, 3.8) is 0 Å². The lowest BCUT2D eigenvalue weighted by molar-refractivity contribution is -0.182. The fraction of sp³-hybridized carbons (Fsp3) is 0.769. The molecule has 2 nitrogen and oxygen atoms in total. The van der Waals surface area contributed by atoms with Crippen molar-refractivity contribution in [1.82, 2.24) is 10.3 Å². The van der Waals surface area contributed by atoms with Crippen LogP contribution in [0.4, 0.5) is 13.2 Å². The minimum absolute atomic E-state index is 0.214. The molecule has 1 fully saturated rings. The van der Waals surface area contributed by atoms with Crippen molar-refractivity contribution in [3.8, 4) is 0 Å². The number of hydrogen-bond acceptors (Lipinski definition) is 3. The van der Waals surface area contributed by atoms with Crippen LogP contribution in [-0.2, 0) is 13.0 Å². The molecule has 0 atom stereocenters. The van der Waals surface area contributed by atoms with E-state index in [9.17, 15) is 13.2 Å². The van der Waals surface area contributed by atoms with E-state index in [4.69, 9.17) is 0 Å². The van der Waals surface area contributed by atoms with Crippen molar-refractivity contribution in [2.45, 2.75) is 57.8 Å². The van der Waals surface area contributed by atoms with Crippen LogP contribution in [0.5, 0.6) is 0 Å². The highest BCUT2D eigenvalue weighted by Gasteiger charge is 2.41.